The summed E-state index contributed by atoms with van der Waals surface area (Å²) >= 11 is 0. The Balaban J connectivity index is 1.61. The zero-order valence-electron chi connectivity index (χ0n) is 19.3. The van der Waals surface area contributed by atoms with Gasteiger partial charge in [0, 0.05) is 48.5 Å². The largest absolute Gasteiger partial charge is 0.338 e. The lowest BCUT2D eigenvalue weighted by Crippen LogP contribution is -2.56. The van der Waals surface area contributed by atoms with Gasteiger partial charge in [-0.2, -0.15) is 0 Å². The third-order valence-corrected chi connectivity index (χ3v) is 9.36. The summed E-state index contributed by atoms with van der Waals surface area (Å²) in [6, 6.07) is 0.504. The van der Waals surface area contributed by atoms with Crippen LogP contribution in [0.4, 0.5) is 0 Å². The van der Waals surface area contributed by atoms with Crippen LogP contribution >= 0.6 is 0 Å². The maximum absolute atomic E-state index is 13.6. The van der Waals surface area contributed by atoms with E-state index < -0.39 is 0 Å². The van der Waals surface area contributed by atoms with Gasteiger partial charge in [0.25, 0.3) is 0 Å². The van der Waals surface area contributed by atoms with E-state index in [0.717, 1.165) is 38.6 Å². The molecular weight excluding hydrogens is 360 g/mol. The molecule has 0 spiro atoms. The molecule has 4 aliphatic rings. The van der Waals surface area contributed by atoms with E-state index in [2.05, 4.69) is 46.4 Å². The Morgan fingerprint density at radius 3 is 2.38 bits per heavy atom. The number of ketones is 1. The molecule has 162 valence electrons. The molecule has 0 aromatic carbocycles. The van der Waals surface area contributed by atoms with Crippen molar-refractivity contribution in [3.63, 3.8) is 0 Å². The molecule has 4 rings (SSSR count). The van der Waals surface area contributed by atoms with Crippen molar-refractivity contribution in [1.82, 2.24) is 4.90 Å². The van der Waals surface area contributed by atoms with Crippen molar-refractivity contribution in [1.29, 1.82) is 0 Å². The molecule has 1 unspecified atom stereocenters. The van der Waals surface area contributed by atoms with E-state index in [-0.39, 0.29) is 28.8 Å². The minimum Gasteiger partial charge on any atom is -0.338 e. The van der Waals surface area contributed by atoms with Crippen LogP contribution in [0.5, 0.6) is 0 Å². The van der Waals surface area contributed by atoms with Gasteiger partial charge in [0.15, 0.2) is 0 Å². The van der Waals surface area contributed by atoms with E-state index in [1.165, 1.54) is 12.1 Å². The number of fused-ring (bicyclic) bond motifs is 5. The van der Waals surface area contributed by atoms with Gasteiger partial charge in [-0.05, 0) is 83.0 Å². The van der Waals surface area contributed by atoms with E-state index >= 15 is 0 Å². The van der Waals surface area contributed by atoms with Crippen LogP contribution in [0.1, 0.15) is 86.5 Å². The van der Waals surface area contributed by atoms with Crippen LogP contribution in [-0.4, -0.2) is 40.9 Å². The molecule has 0 saturated heterocycles. The van der Waals surface area contributed by atoms with Crippen LogP contribution in [0, 0.1) is 34.5 Å². The molecule has 0 bridgehead atoms. The SMILES string of the molecule is CC(C)N(C(=O)C1CC[C@H]2[C@@H]3CN=C4CC(=O)CC[C@]4(C)[C@@H]3CC[C@]12C)C(C)C. The normalized spacial score (nSPS) is 41.7. The molecule has 3 saturated carbocycles. The van der Waals surface area contributed by atoms with E-state index in [4.69, 9.17) is 4.99 Å². The van der Waals surface area contributed by atoms with Crippen LogP contribution in [-0.2, 0) is 9.59 Å². The number of Topliss-reactive ketones (excluding diaryl/α,β-unsaturated/α-hetero) is 1. The van der Waals surface area contributed by atoms with E-state index in [1.807, 2.05) is 0 Å². The smallest absolute Gasteiger partial charge is 0.226 e. The summed E-state index contributed by atoms with van der Waals surface area (Å²) in [5.41, 5.74) is 1.41. The van der Waals surface area contributed by atoms with Crippen molar-refractivity contribution in [2.24, 2.45) is 39.5 Å². The summed E-state index contributed by atoms with van der Waals surface area (Å²) in [4.78, 5) is 32.8. The highest BCUT2D eigenvalue weighted by Gasteiger charge is 2.61. The number of hydrogen-bond acceptors (Lipinski definition) is 3. The zero-order valence-corrected chi connectivity index (χ0v) is 19.3. The van der Waals surface area contributed by atoms with Gasteiger partial charge >= 0.3 is 0 Å². The van der Waals surface area contributed by atoms with E-state index in [0.29, 0.717) is 35.9 Å². The summed E-state index contributed by atoms with van der Waals surface area (Å²) in [6.45, 7) is 14.3. The van der Waals surface area contributed by atoms with Crippen molar-refractivity contribution in [2.45, 2.75) is 98.6 Å². The maximum atomic E-state index is 13.6. The Morgan fingerprint density at radius 1 is 1.03 bits per heavy atom. The van der Waals surface area contributed by atoms with E-state index in [1.54, 1.807) is 0 Å². The van der Waals surface area contributed by atoms with Gasteiger partial charge in [-0.1, -0.05) is 13.8 Å². The molecular formula is C25H40N2O2. The Morgan fingerprint density at radius 2 is 1.72 bits per heavy atom. The predicted octanol–water partition coefficient (Wildman–Crippen LogP) is 4.90. The fraction of sp³-hybridized carbons (Fsp3) is 0.880. The molecule has 3 aliphatic carbocycles. The molecule has 0 aromatic heterocycles. The van der Waals surface area contributed by atoms with Gasteiger partial charge in [0.2, 0.25) is 5.91 Å². The Hall–Kier alpha value is -1.19. The lowest BCUT2D eigenvalue weighted by molar-refractivity contribution is -0.146. The molecule has 1 aliphatic heterocycles. The lowest BCUT2D eigenvalue weighted by atomic mass is 9.49. The van der Waals surface area contributed by atoms with Crippen LogP contribution in [0.3, 0.4) is 0 Å². The molecule has 1 amide bonds. The molecule has 4 heteroatoms. The number of rotatable bonds is 3. The number of amides is 1. The van der Waals surface area contributed by atoms with Gasteiger partial charge in [-0.25, -0.2) is 0 Å². The molecule has 4 nitrogen and oxygen atoms in total. The average Bonchev–Trinajstić information content (AvgIpc) is 2.99. The van der Waals surface area contributed by atoms with Crippen LogP contribution < -0.4 is 0 Å². The standard InChI is InChI=1S/C25H40N2O2/c1-15(2)27(16(3)4)23(29)21-8-7-19-18-14-26-22-13-17(28)9-11-25(22,6)20(18)10-12-24(19,21)5/h15-16,18-21H,7-14H2,1-6H3/t18-,19-,20+,21?,24-,25+/m0/s1. The number of carbonyl (C=O) groups is 2. The number of aliphatic imine (C=N–C) groups is 1. The molecule has 0 radical (unpaired) electrons. The Kier molecular flexibility index (Phi) is 5.23. The minimum atomic E-state index is 0.105. The molecule has 0 N–H and O–H groups in total. The molecule has 3 fully saturated rings. The summed E-state index contributed by atoms with van der Waals surface area (Å²) in [5.74, 6) is 2.73. The van der Waals surface area contributed by atoms with Crippen LogP contribution in [0.25, 0.3) is 0 Å². The van der Waals surface area contributed by atoms with Gasteiger partial charge in [-0.3, -0.25) is 14.6 Å². The highest BCUT2D eigenvalue weighted by molar-refractivity contribution is 6.07. The first-order valence-corrected chi connectivity index (χ1v) is 12.0. The maximum Gasteiger partial charge on any atom is 0.226 e. The van der Waals surface area contributed by atoms with Crippen LogP contribution in [0.15, 0.2) is 4.99 Å². The first-order valence-electron chi connectivity index (χ1n) is 12.0. The van der Waals surface area contributed by atoms with Gasteiger partial charge in [-0.15, -0.1) is 0 Å². The highest BCUT2D eigenvalue weighted by atomic mass is 16.2. The fourth-order valence-electron chi connectivity index (χ4n) is 7.90. The number of carbonyl (C=O) groups excluding carboxylic acids is 2. The third-order valence-electron chi connectivity index (χ3n) is 9.36. The Labute approximate surface area is 176 Å². The van der Waals surface area contributed by atoms with Crippen LogP contribution in [0.2, 0.25) is 0 Å². The lowest BCUT2D eigenvalue weighted by Gasteiger charge is -2.56. The second kappa shape index (κ2) is 7.20. The summed E-state index contributed by atoms with van der Waals surface area (Å²) < 4.78 is 0. The third kappa shape index (κ3) is 3.11. The van der Waals surface area contributed by atoms with Crippen molar-refractivity contribution in [2.75, 3.05) is 6.54 Å². The number of nitrogens with zero attached hydrogens (tertiary/aromatic N) is 2. The molecule has 29 heavy (non-hydrogen) atoms. The molecule has 6 atom stereocenters. The second-order valence-corrected chi connectivity index (χ2v) is 11.4. The van der Waals surface area contributed by atoms with Crippen molar-refractivity contribution in [3.05, 3.63) is 0 Å². The number of hydrogen-bond donors (Lipinski definition) is 0. The molecule has 1 heterocycles. The van der Waals surface area contributed by atoms with Crippen molar-refractivity contribution < 1.29 is 9.59 Å². The van der Waals surface area contributed by atoms with Gasteiger partial charge in [0.05, 0.1) is 0 Å². The van der Waals surface area contributed by atoms with E-state index in [9.17, 15) is 9.59 Å². The summed E-state index contributed by atoms with van der Waals surface area (Å²) in [6.07, 6.45) is 6.82. The van der Waals surface area contributed by atoms with Gasteiger partial charge in [0.1, 0.15) is 5.78 Å². The fourth-order valence-corrected chi connectivity index (χ4v) is 7.90. The predicted molar refractivity (Wildman–Crippen MR) is 117 cm³/mol. The van der Waals surface area contributed by atoms with Crippen molar-refractivity contribution in [3.8, 4) is 0 Å². The zero-order chi connectivity index (χ0) is 21.1. The average molecular weight is 401 g/mol. The highest BCUT2D eigenvalue weighted by Crippen LogP contribution is 2.64. The second-order valence-electron chi connectivity index (χ2n) is 11.4. The monoisotopic (exact) mass is 400 g/mol. The molecule has 0 aromatic rings. The van der Waals surface area contributed by atoms with Crippen molar-refractivity contribution >= 4 is 17.4 Å². The topological polar surface area (TPSA) is 49.7 Å². The minimum absolute atomic E-state index is 0.105. The quantitative estimate of drug-likeness (QED) is 0.676. The first-order chi connectivity index (χ1) is 13.6. The summed E-state index contributed by atoms with van der Waals surface area (Å²) in [5, 5.41) is 0. The first kappa shape index (κ1) is 21.1. The Bertz CT molecular complexity index is 718. The van der Waals surface area contributed by atoms with Gasteiger partial charge < -0.3 is 4.90 Å². The summed E-state index contributed by atoms with van der Waals surface area (Å²) in [7, 11) is 0.